The first kappa shape index (κ1) is 22.1. The van der Waals surface area contributed by atoms with Crippen LogP contribution in [0.4, 0.5) is 18.0 Å². The number of aromatic nitrogens is 3. The van der Waals surface area contributed by atoms with Crippen molar-refractivity contribution < 1.29 is 42.1 Å². The molecule has 3 atom stereocenters. The number of hydrogen-bond acceptors (Lipinski definition) is 10. The standard InChI is InChI=1S/C16H14F3N5O7S/c1-23-14(21-9(25)10(22-23)30-13(27)16(17,18)19)32-4-6-5-2-3-20-7-8(5)24(11(7)26)12(6)31-15(28)29/h5,7-8,20H,2-4H2,1H3,(H,28,29)/t5?,7-,8+/m0/s1. The number of β-lactam (4-membered cyclic amide) rings is 1. The molecule has 3 aliphatic rings. The molecule has 2 N–H and O–H groups in total. The molecule has 1 unspecified atom stereocenters. The van der Waals surface area contributed by atoms with Crippen LogP contribution in [0.15, 0.2) is 21.4 Å². The van der Waals surface area contributed by atoms with Gasteiger partial charge in [-0.15, -0.1) is 5.10 Å². The Morgan fingerprint density at radius 1 is 1.31 bits per heavy atom. The van der Waals surface area contributed by atoms with Crippen LogP contribution in [0.25, 0.3) is 0 Å². The van der Waals surface area contributed by atoms with Gasteiger partial charge in [0, 0.05) is 24.3 Å². The third-order valence-corrected chi connectivity index (χ3v) is 6.24. The molecule has 2 fully saturated rings. The van der Waals surface area contributed by atoms with Crippen molar-refractivity contribution in [3.8, 4) is 5.88 Å². The minimum Gasteiger partial charge on any atom is -0.449 e. The molecule has 0 aromatic carbocycles. The highest BCUT2D eigenvalue weighted by atomic mass is 32.2. The Morgan fingerprint density at radius 2 is 2.03 bits per heavy atom. The van der Waals surface area contributed by atoms with Gasteiger partial charge in [-0.25, -0.2) is 14.3 Å². The Hall–Kier alpha value is -3.14. The van der Waals surface area contributed by atoms with Crippen molar-refractivity contribution >= 4 is 29.8 Å². The molecular weight excluding hydrogens is 463 g/mol. The lowest BCUT2D eigenvalue weighted by Crippen LogP contribution is -2.71. The van der Waals surface area contributed by atoms with Gasteiger partial charge in [-0.1, -0.05) is 11.8 Å². The van der Waals surface area contributed by atoms with Gasteiger partial charge in [0.2, 0.25) is 11.8 Å². The topological polar surface area (TPSA) is 153 Å². The maximum Gasteiger partial charge on any atom is 0.512 e. The van der Waals surface area contributed by atoms with Crippen LogP contribution >= 0.6 is 11.8 Å². The summed E-state index contributed by atoms with van der Waals surface area (Å²) in [5.41, 5.74) is -0.756. The van der Waals surface area contributed by atoms with Crippen molar-refractivity contribution in [2.24, 2.45) is 13.0 Å². The zero-order chi connectivity index (χ0) is 23.4. The SMILES string of the molecule is Cn1nc(OC(=O)C(F)(F)F)c(=O)nc1SCC1=C(OC(=O)O)N2C(=O)[C@H]3NCCC1[C@H]32. The molecule has 0 spiro atoms. The van der Waals surface area contributed by atoms with E-state index in [1.165, 1.54) is 11.9 Å². The summed E-state index contributed by atoms with van der Waals surface area (Å²) in [5.74, 6) is -4.23. The Balaban J connectivity index is 1.56. The average Bonchev–Trinajstić information content (AvgIpc) is 2.99. The summed E-state index contributed by atoms with van der Waals surface area (Å²) in [6.07, 6.45) is -6.29. The lowest BCUT2D eigenvalue weighted by Gasteiger charge is -2.48. The number of esters is 1. The van der Waals surface area contributed by atoms with Gasteiger partial charge < -0.3 is 19.9 Å². The van der Waals surface area contributed by atoms with E-state index in [0.29, 0.717) is 18.5 Å². The van der Waals surface area contributed by atoms with Crippen molar-refractivity contribution in [1.82, 2.24) is 25.0 Å². The number of carbonyl (C=O) groups is 3. The largest absolute Gasteiger partial charge is 0.512 e. The molecular formula is C16H14F3N5O7S. The Morgan fingerprint density at radius 3 is 2.69 bits per heavy atom. The minimum absolute atomic E-state index is 0.0324. The van der Waals surface area contributed by atoms with Gasteiger partial charge in [-0.2, -0.15) is 18.2 Å². The van der Waals surface area contributed by atoms with Crippen molar-refractivity contribution in [1.29, 1.82) is 0 Å². The smallest absolute Gasteiger partial charge is 0.449 e. The number of halogens is 3. The summed E-state index contributed by atoms with van der Waals surface area (Å²) < 4.78 is 46.8. The van der Waals surface area contributed by atoms with Crippen LogP contribution in [-0.2, 0) is 21.4 Å². The van der Waals surface area contributed by atoms with Crippen LogP contribution in [0.1, 0.15) is 6.42 Å². The van der Waals surface area contributed by atoms with Gasteiger partial charge in [-0.3, -0.25) is 14.5 Å². The van der Waals surface area contributed by atoms with Crippen LogP contribution in [0.5, 0.6) is 5.88 Å². The highest BCUT2D eigenvalue weighted by molar-refractivity contribution is 7.99. The van der Waals surface area contributed by atoms with Crippen molar-refractivity contribution in [3.05, 3.63) is 21.8 Å². The highest BCUT2D eigenvalue weighted by Crippen LogP contribution is 2.47. The number of nitrogens with zero attached hydrogens (tertiary/aromatic N) is 4. The molecule has 1 aromatic heterocycles. The van der Waals surface area contributed by atoms with Gasteiger partial charge >= 0.3 is 29.7 Å². The fourth-order valence-electron chi connectivity index (χ4n) is 3.90. The first-order chi connectivity index (χ1) is 15.0. The molecule has 0 saturated carbocycles. The number of hydrogen-bond donors (Lipinski definition) is 2. The average molecular weight is 477 g/mol. The van der Waals surface area contributed by atoms with Gasteiger partial charge in [0.05, 0.1) is 6.04 Å². The van der Waals surface area contributed by atoms with Crippen LogP contribution < -0.4 is 15.6 Å². The number of ether oxygens (including phenoxy) is 2. The number of carboxylic acid groups (broad SMARTS) is 1. The molecule has 1 aromatic rings. The van der Waals surface area contributed by atoms with Crippen molar-refractivity contribution in [2.75, 3.05) is 12.3 Å². The second kappa shape index (κ2) is 7.77. The first-order valence-electron chi connectivity index (χ1n) is 9.06. The predicted octanol–water partition coefficient (Wildman–Crippen LogP) is -0.156. The molecule has 1 amide bonds. The van der Waals surface area contributed by atoms with E-state index in [0.717, 1.165) is 16.4 Å². The third kappa shape index (κ3) is 3.68. The first-order valence-corrected chi connectivity index (χ1v) is 10.0. The summed E-state index contributed by atoms with van der Waals surface area (Å²) in [6.45, 7) is 0.539. The fourth-order valence-corrected chi connectivity index (χ4v) is 4.89. The van der Waals surface area contributed by atoms with E-state index in [1.54, 1.807) is 0 Å². The molecule has 4 heterocycles. The number of amides is 1. The lowest BCUT2D eigenvalue weighted by atomic mass is 9.80. The summed E-state index contributed by atoms with van der Waals surface area (Å²) in [6, 6.07) is -0.712. The lowest BCUT2D eigenvalue weighted by molar-refractivity contribution is -0.190. The van der Waals surface area contributed by atoms with Crippen molar-refractivity contribution in [3.63, 3.8) is 0 Å². The quantitative estimate of drug-likeness (QED) is 0.331. The molecule has 0 aliphatic carbocycles. The number of nitrogens with one attached hydrogen (secondary N) is 1. The van der Waals surface area contributed by atoms with Crippen molar-refractivity contribution in [2.45, 2.75) is 29.8 Å². The number of aryl methyl sites for hydroxylation is 1. The summed E-state index contributed by atoms with van der Waals surface area (Å²) in [5, 5.41) is 15.6. The number of thioether (sulfide) groups is 1. The molecule has 32 heavy (non-hydrogen) atoms. The summed E-state index contributed by atoms with van der Waals surface area (Å²) in [4.78, 5) is 51.2. The minimum atomic E-state index is -5.31. The van der Waals surface area contributed by atoms with E-state index in [1.807, 2.05) is 0 Å². The summed E-state index contributed by atoms with van der Waals surface area (Å²) >= 11 is 0.937. The van der Waals surface area contributed by atoms with E-state index in [9.17, 15) is 32.3 Å². The van der Waals surface area contributed by atoms with Gasteiger partial charge in [0.15, 0.2) is 5.16 Å². The van der Waals surface area contributed by atoms with Crippen LogP contribution in [-0.4, -0.2) is 73.4 Å². The van der Waals surface area contributed by atoms with E-state index in [4.69, 9.17) is 9.84 Å². The molecule has 0 bridgehead atoms. The molecule has 3 aliphatic heterocycles. The zero-order valence-corrected chi connectivity index (χ0v) is 16.9. The molecule has 0 radical (unpaired) electrons. The summed E-state index contributed by atoms with van der Waals surface area (Å²) in [7, 11) is 1.27. The van der Waals surface area contributed by atoms with E-state index in [-0.39, 0.29) is 34.7 Å². The molecule has 2 saturated heterocycles. The van der Waals surface area contributed by atoms with E-state index in [2.05, 4.69) is 20.1 Å². The van der Waals surface area contributed by atoms with E-state index < -0.39 is 35.8 Å². The monoisotopic (exact) mass is 477 g/mol. The van der Waals surface area contributed by atoms with Gasteiger partial charge in [0.1, 0.15) is 6.04 Å². The molecule has 4 rings (SSSR count). The predicted molar refractivity (Wildman–Crippen MR) is 96.4 cm³/mol. The van der Waals surface area contributed by atoms with Crippen LogP contribution in [0, 0.1) is 5.92 Å². The Labute approximate surface area is 180 Å². The second-order valence-corrected chi connectivity index (χ2v) is 7.97. The maximum absolute atomic E-state index is 12.3. The zero-order valence-electron chi connectivity index (χ0n) is 16.1. The highest BCUT2D eigenvalue weighted by Gasteiger charge is 2.60. The molecule has 172 valence electrons. The Kier molecular flexibility index (Phi) is 5.36. The van der Waals surface area contributed by atoms with E-state index >= 15 is 0 Å². The Bertz CT molecular complexity index is 1100. The van der Waals surface area contributed by atoms with Gasteiger partial charge in [0.25, 0.3) is 0 Å². The maximum atomic E-state index is 12.3. The van der Waals surface area contributed by atoms with Crippen LogP contribution in [0.3, 0.4) is 0 Å². The van der Waals surface area contributed by atoms with Gasteiger partial charge in [-0.05, 0) is 13.0 Å². The third-order valence-electron chi connectivity index (χ3n) is 5.18. The van der Waals surface area contributed by atoms with Crippen LogP contribution in [0.2, 0.25) is 0 Å². The number of rotatable bonds is 5. The number of carbonyl (C=O) groups excluding carboxylic acids is 2. The number of piperidine rings is 1. The fraction of sp³-hybridized carbons (Fsp3) is 0.500. The number of alkyl halides is 3. The molecule has 12 nitrogen and oxygen atoms in total. The normalized spacial score (nSPS) is 24.2. The molecule has 16 heteroatoms. The second-order valence-electron chi connectivity index (χ2n) is 7.03.